The third kappa shape index (κ3) is 4.47. The molecule has 6 heteroatoms. The Labute approximate surface area is 111 Å². The Kier molecular flexibility index (Phi) is 5.14. The molecule has 1 aromatic rings. The summed E-state index contributed by atoms with van der Waals surface area (Å²) in [5, 5.41) is 12.3. The number of amides is 1. The highest BCUT2D eigenvalue weighted by Crippen LogP contribution is 2.22. The largest absolute Gasteiger partial charge is 0.507 e. The van der Waals surface area contributed by atoms with Gasteiger partial charge in [-0.15, -0.1) is 0 Å². The molecule has 0 aliphatic heterocycles. The number of phenols is 1. The molecule has 2 atom stereocenters. The molecule has 2 N–H and O–H groups in total. The minimum Gasteiger partial charge on any atom is -0.507 e. The number of benzene rings is 1. The van der Waals surface area contributed by atoms with E-state index in [1.54, 1.807) is 19.2 Å². The van der Waals surface area contributed by atoms with Crippen molar-refractivity contribution in [1.82, 2.24) is 5.32 Å². The van der Waals surface area contributed by atoms with E-state index in [9.17, 15) is 14.1 Å². The van der Waals surface area contributed by atoms with Crippen LogP contribution in [0.25, 0.3) is 0 Å². The van der Waals surface area contributed by atoms with E-state index in [1.165, 1.54) is 12.1 Å². The summed E-state index contributed by atoms with van der Waals surface area (Å²) in [6.45, 7) is 1.77. The number of carbonyl (C=O) groups is 1. The third-order valence-corrected chi connectivity index (χ3v) is 3.53. The summed E-state index contributed by atoms with van der Waals surface area (Å²) in [5.41, 5.74) is 0.210. The Morgan fingerprint density at radius 2 is 2.24 bits per heavy atom. The van der Waals surface area contributed by atoms with Gasteiger partial charge in [0.1, 0.15) is 5.75 Å². The first-order chi connectivity index (χ1) is 7.90. The summed E-state index contributed by atoms with van der Waals surface area (Å²) < 4.78 is 11.7. The van der Waals surface area contributed by atoms with Gasteiger partial charge in [0.25, 0.3) is 5.91 Å². The normalized spacial score (nSPS) is 14.1. The zero-order valence-corrected chi connectivity index (χ0v) is 12.0. The van der Waals surface area contributed by atoms with Crippen LogP contribution in [0.5, 0.6) is 5.75 Å². The molecule has 0 bridgehead atoms. The van der Waals surface area contributed by atoms with Crippen LogP contribution in [-0.4, -0.2) is 33.3 Å². The SMILES string of the molecule is CC(CS(C)=O)NC(=O)c1ccc(Br)cc1O. The standard InChI is InChI=1S/C11H14BrNO3S/c1-7(6-17(2)16)13-11(15)9-4-3-8(12)5-10(9)14/h3-5,7,14H,6H2,1-2H3,(H,13,15). The molecule has 0 spiro atoms. The second-order valence-corrected chi connectivity index (χ2v) is 6.17. The maximum absolute atomic E-state index is 11.8. The van der Waals surface area contributed by atoms with Gasteiger partial charge in [0.15, 0.2) is 0 Å². The van der Waals surface area contributed by atoms with Crippen molar-refractivity contribution in [2.24, 2.45) is 0 Å². The van der Waals surface area contributed by atoms with Crippen LogP contribution in [0.4, 0.5) is 0 Å². The van der Waals surface area contributed by atoms with E-state index in [4.69, 9.17) is 0 Å². The fourth-order valence-electron chi connectivity index (χ4n) is 1.39. The van der Waals surface area contributed by atoms with Crippen LogP contribution in [-0.2, 0) is 10.8 Å². The predicted octanol–water partition coefficient (Wildman–Crippen LogP) is 1.65. The lowest BCUT2D eigenvalue weighted by Gasteiger charge is -2.13. The summed E-state index contributed by atoms with van der Waals surface area (Å²) in [4.78, 5) is 11.8. The summed E-state index contributed by atoms with van der Waals surface area (Å²) in [7, 11) is -0.962. The van der Waals surface area contributed by atoms with Gasteiger partial charge in [0.2, 0.25) is 0 Å². The van der Waals surface area contributed by atoms with E-state index in [2.05, 4.69) is 21.2 Å². The molecule has 0 aliphatic carbocycles. The van der Waals surface area contributed by atoms with Crippen molar-refractivity contribution in [2.45, 2.75) is 13.0 Å². The Morgan fingerprint density at radius 1 is 1.59 bits per heavy atom. The number of carbonyl (C=O) groups excluding carboxylic acids is 1. The number of aromatic hydroxyl groups is 1. The highest BCUT2D eigenvalue weighted by atomic mass is 79.9. The molecule has 0 aliphatic rings. The van der Waals surface area contributed by atoms with Gasteiger partial charge in [-0.1, -0.05) is 15.9 Å². The van der Waals surface area contributed by atoms with Gasteiger partial charge in [-0.05, 0) is 25.1 Å². The van der Waals surface area contributed by atoms with Crippen molar-refractivity contribution in [3.05, 3.63) is 28.2 Å². The van der Waals surface area contributed by atoms with Gasteiger partial charge in [0.05, 0.1) is 5.56 Å². The van der Waals surface area contributed by atoms with Crippen LogP contribution in [0.3, 0.4) is 0 Å². The first-order valence-corrected chi connectivity index (χ1v) is 7.51. The number of hydrogen-bond acceptors (Lipinski definition) is 3. The molecule has 0 aromatic heterocycles. The van der Waals surface area contributed by atoms with Gasteiger partial charge in [-0.25, -0.2) is 0 Å². The zero-order valence-electron chi connectivity index (χ0n) is 9.57. The van der Waals surface area contributed by atoms with Crippen LogP contribution in [0, 0.1) is 0 Å². The summed E-state index contributed by atoms with van der Waals surface area (Å²) >= 11 is 3.20. The Balaban J connectivity index is 2.73. The van der Waals surface area contributed by atoms with Crippen LogP contribution >= 0.6 is 15.9 Å². The van der Waals surface area contributed by atoms with Crippen LogP contribution in [0.1, 0.15) is 17.3 Å². The smallest absolute Gasteiger partial charge is 0.255 e. The van der Waals surface area contributed by atoms with Gasteiger partial charge in [-0.3, -0.25) is 9.00 Å². The van der Waals surface area contributed by atoms with Crippen molar-refractivity contribution in [3.63, 3.8) is 0 Å². The summed E-state index contributed by atoms with van der Waals surface area (Å²) in [6.07, 6.45) is 1.58. The molecular formula is C11H14BrNO3S. The molecular weight excluding hydrogens is 306 g/mol. The van der Waals surface area contributed by atoms with Crippen molar-refractivity contribution in [3.8, 4) is 5.75 Å². The highest BCUT2D eigenvalue weighted by Gasteiger charge is 2.14. The first kappa shape index (κ1) is 14.2. The van der Waals surface area contributed by atoms with Crippen molar-refractivity contribution >= 4 is 32.6 Å². The molecule has 17 heavy (non-hydrogen) atoms. The lowest BCUT2D eigenvalue weighted by atomic mass is 10.2. The molecule has 1 aromatic carbocycles. The maximum Gasteiger partial charge on any atom is 0.255 e. The van der Waals surface area contributed by atoms with E-state index in [0.29, 0.717) is 10.2 Å². The molecule has 0 fully saturated rings. The summed E-state index contributed by atoms with van der Waals surface area (Å²) in [5.74, 6) is -0.0575. The number of rotatable bonds is 4. The average Bonchev–Trinajstić information content (AvgIpc) is 2.15. The van der Waals surface area contributed by atoms with Crippen molar-refractivity contribution in [1.29, 1.82) is 0 Å². The lowest BCUT2D eigenvalue weighted by Crippen LogP contribution is -2.36. The van der Waals surface area contributed by atoms with Gasteiger partial charge < -0.3 is 10.4 Å². The molecule has 94 valence electrons. The number of hydrogen-bond donors (Lipinski definition) is 2. The quantitative estimate of drug-likeness (QED) is 0.886. The van der Waals surface area contributed by atoms with Crippen LogP contribution < -0.4 is 5.32 Å². The van der Waals surface area contributed by atoms with Gasteiger partial charge >= 0.3 is 0 Å². The maximum atomic E-state index is 11.8. The van der Waals surface area contributed by atoms with Crippen LogP contribution in [0.2, 0.25) is 0 Å². The molecule has 0 radical (unpaired) electrons. The number of halogens is 1. The van der Waals surface area contributed by atoms with Gasteiger partial charge in [-0.2, -0.15) is 0 Å². The van der Waals surface area contributed by atoms with E-state index < -0.39 is 10.8 Å². The fourth-order valence-corrected chi connectivity index (χ4v) is 2.53. The molecule has 1 rings (SSSR count). The Hall–Kier alpha value is -0.880. The van der Waals surface area contributed by atoms with Gasteiger partial charge in [0, 0.05) is 33.3 Å². The van der Waals surface area contributed by atoms with Crippen molar-refractivity contribution in [2.75, 3.05) is 12.0 Å². The monoisotopic (exact) mass is 319 g/mol. The Bertz CT molecular complexity index is 450. The van der Waals surface area contributed by atoms with E-state index in [0.717, 1.165) is 0 Å². The van der Waals surface area contributed by atoms with Crippen LogP contribution in [0.15, 0.2) is 22.7 Å². The average molecular weight is 320 g/mol. The van der Waals surface area contributed by atoms with E-state index in [-0.39, 0.29) is 23.3 Å². The number of nitrogens with one attached hydrogen (secondary N) is 1. The predicted molar refractivity (Wildman–Crippen MR) is 71.7 cm³/mol. The Morgan fingerprint density at radius 3 is 2.76 bits per heavy atom. The molecule has 0 heterocycles. The first-order valence-electron chi connectivity index (χ1n) is 4.99. The van der Waals surface area contributed by atoms with Crippen molar-refractivity contribution < 1.29 is 14.1 Å². The lowest BCUT2D eigenvalue weighted by molar-refractivity contribution is 0.0941. The molecule has 2 unspecified atom stereocenters. The molecule has 0 saturated carbocycles. The van der Waals surface area contributed by atoms with E-state index >= 15 is 0 Å². The topological polar surface area (TPSA) is 66.4 Å². The summed E-state index contributed by atoms with van der Waals surface area (Å²) in [6, 6.07) is 4.47. The third-order valence-electron chi connectivity index (χ3n) is 2.07. The molecule has 4 nitrogen and oxygen atoms in total. The minimum atomic E-state index is -0.962. The number of phenolic OH excluding ortho intramolecular Hbond substituents is 1. The second-order valence-electron chi connectivity index (χ2n) is 3.78. The van der Waals surface area contributed by atoms with E-state index in [1.807, 2.05) is 0 Å². The fraction of sp³-hybridized carbons (Fsp3) is 0.364. The minimum absolute atomic E-state index is 0.0818. The zero-order chi connectivity index (χ0) is 13.0. The highest BCUT2D eigenvalue weighted by molar-refractivity contribution is 9.10. The second kappa shape index (κ2) is 6.16. The molecule has 1 amide bonds. The molecule has 0 saturated heterocycles.